The maximum absolute atomic E-state index is 4.01. The molecule has 1 N–H and O–H groups in total. The summed E-state index contributed by atoms with van der Waals surface area (Å²) < 4.78 is 0. The van der Waals surface area contributed by atoms with Crippen molar-refractivity contribution >= 4 is 0 Å². The molecule has 2 fully saturated rings. The van der Waals surface area contributed by atoms with Crippen molar-refractivity contribution in [1.29, 1.82) is 0 Å². The second kappa shape index (κ2) is 7.44. The van der Waals surface area contributed by atoms with Crippen molar-refractivity contribution in [1.82, 2.24) is 10.2 Å². The highest BCUT2D eigenvalue weighted by atomic mass is 15.1. The Morgan fingerprint density at radius 3 is 2.39 bits per heavy atom. The molecule has 0 bridgehead atoms. The Balaban J connectivity index is 1.92. The van der Waals surface area contributed by atoms with Crippen LogP contribution in [0.1, 0.15) is 80.1 Å². The fraction of sp³-hybridized carbons (Fsp3) is 1.00. The van der Waals surface area contributed by atoms with E-state index in [-0.39, 0.29) is 5.54 Å². The van der Waals surface area contributed by atoms with Gasteiger partial charge in [-0.25, -0.2) is 0 Å². The minimum Gasteiger partial charge on any atom is -0.307 e. The van der Waals surface area contributed by atoms with E-state index >= 15 is 0 Å². The fourth-order valence-corrected chi connectivity index (χ4v) is 5.31. The van der Waals surface area contributed by atoms with Gasteiger partial charge in [0.15, 0.2) is 0 Å². The van der Waals surface area contributed by atoms with Gasteiger partial charge < -0.3 is 10.2 Å². The summed E-state index contributed by atoms with van der Waals surface area (Å²) in [6.07, 6.45) is 8.22. The monoisotopic (exact) mass is 322 g/mol. The van der Waals surface area contributed by atoms with Crippen LogP contribution in [-0.2, 0) is 0 Å². The van der Waals surface area contributed by atoms with Crippen LogP contribution in [0.15, 0.2) is 0 Å². The van der Waals surface area contributed by atoms with Crippen LogP contribution in [0.5, 0.6) is 0 Å². The average molecular weight is 323 g/mol. The van der Waals surface area contributed by atoms with Crippen molar-refractivity contribution in [2.75, 3.05) is 20.1 Å². The van der Waals surface area contributed by atoms with Gasteiger partial charge in [-0.15, -0.1) is 0 Å². The van der Waals surface area contributed by atoms with Crippen LogP contribution in [0.2, 0.25) is 0 Å². The van der Waals surface area contributed by atoms with E-state index in [1.807, 2.05) is 0 Å². The first-order chi connectivity index (χ1) is 10.6. The lowest BCUT2D eigenvalue weighted by atomic mass is 9.69. The van der Waals surface area contributed by atoms with Crippen molar-refractivity contribution < 1.29 is 0 Å². The van der Waals surface area contributed by atoms with Crippen LogP contribution < -0.4 is 5.32 Å². The number of hydrogen-bond donors (Lipinski definition) is 1. The van der Waals surface area contributed by atoms with E-state index in [0.29, 0.717) is 5.54 Å². The van der Waals surface area contributed by atoms with E-state index in [2.05, 4.69) is 58.8 Å². The number of nitrogens with one attached hydrogen (secondary N) is 1. The molecule has 4 unspecified atom stereocenters. The molecule has 136 valence electrons. The SMILES string of the molecule is CC(C)C1CC(C)(C)NC(C)(CCC(C)C2CCCN(C)C2)C1. The van der Waals surface area contributed by atoms with Crippen molar-refractivity contribution in [2.45, 2.75) is 91.1 Å². The molecular formula is C21H42N2. The highest BCUT2D eigenvalue weighted by Gasteiger charge is 2.41. The van der Waals surface area contributed by atoms with Gasteiger partial charge in [0.05, 0.1) is 0 Å². The van der Waals surface area contributed by atoms with Gasteiger partial charge in [0, 0.05) is 17.6 Å². The summed E-state index contributed by atoms with van der Waals surface area (Å²) in [6, 6.07) is 0. The first-order valence-corrected chi connectivity index (χ1v) is 10.1. The van der Waals surface area contributed by atoms with Crippen LogP contribution >= 0.6 is 0 Å². The molecule has 0 aromatic rings. The third-order valence-corrected chi connectivity index (χ3v) is 6.69. The Labute approximate surface area is 145 Å². The normalized spacial score (nSPS) is 37.0. The molecule has 23 heavy (non-hydrogen) atoms. The topological polar surface area (TPSA) is 15.3 Å². The quantitative estimate of drug-likeness (QED) is 0.771. The van der Waals surface area contributed by atoms with Crippen LogP contribution in [0, 0.1) is 23.7 Å². The summed E-state index contributed by atoms with van der Waals surface area (Å²) in [5.74, 6) is 3.45. The van der Waals surface area contributed by atoms with E-state index in [1.165, 1.54) is 51.6 Å². The Morgan fingerprint density at radius 2 is 1.78 bits per heavy atom. The zero-order valence-electron chi connectivity index (χ0n) is 16.9. The Bertz CT molecular complexity index is 376. The third-order valence-electron chi connectivity index (χ3n) is 6.69. The number of hydrogen-bond acceptors (Lipinski definition) is 2. The number of rotatable bonds is 5. The number of piperidine rings is 2. The second-order valence-corrected chi connectivity index (χ2v) is 10.2. The van der Waals surface area contributed by atoms with Gasteiger partial charge in [0.25, 0.3) is 0 Å². The summed E-state index contributed by atoms with van der Waals surface area (Å²) in [5, 5.41) is 4.01. The summed E-state index contributed by atoms with van der Waals surface area (Å²) >= 11 is 0. The lowest BCUT2D eigenvalue weighted by molar-refractivity contribution is 0.0755. The van der Waals surface area contributed by atoms with Gasteiger partial charge in [0.2, 0.25) is 0 Å². The molecule has 2 heteroatoms. The molecule has 0 amide bonds. The van der Waals surface area contributed by atoms with Crippen LogP contribution in [0.3, 0.4) is 0 Å². The Kier molecular flexibility index (Phi) is 6.22. The van der Waals surface area contributed by atoms with Gasteiger partial charge in [0.1, 0.15) is 0 Å². The average Bonchev–Trinajstić information content (AvgIpc) is 2.42. The Hall–Kier alpha value is -0.0800. The molecule has 0 radical (unpaired) electrons. The Morgan fingerprint density at radius 1 is 1.09 bits per heavy atom. The van der Waals surface area contributed by atoms with Gasteiger partial charge in [-0.1, -0.05) is 20.8 Å². The number of likely N-dealkylation sites (tertiary alicyclic amines) is 1. The molecule has 4 atom stereocenters. The van der Waals surface area contributed by atoms with Crippen LogP contribution in [-0.4, -0.2) is 36.1 Å². The van der Waals surface area contributed by atoms with Gasteiger partial charge in [-0.2, -0.15) is 0 Å². The predicted molar refractivity (Wildman–Crippen MR) is 102 cm³/mol. The molecular weight excluding hydrogens is 280 g/mol. The molecule has 0 aromatic carbocycles. The highest BCUT2D eigenvalue weighted by molar-refractivity contribution is 5.00. The second-order valence-electron chi connectivity index (χ2n) is 10.2. The molecule has 0 aromatic heterocycles. The van der Waals surface area contributed by atoms with E-state index in [4.69, 9.17) is 0 Å². The lowest BCUT2D eigenvalue weighted by Crippen LogP contribution is -2.60. The standard InChI is InChI=1S/C21H42N2/c1-16(2)19-13-20(4,5)22-21(6,14-19)11-10-17(3)18-9-8-12-23(7)15-18/h16-19,22H,8-15H2,1-7H3. The summed E-state index contributed by atoms with van der Waals surface area (Å²) in [5.41, 5.74) is 0.613. The molecule has 0 saturated carbocycles. The molecule has 0 aliphatic carbocycles. The minimum absolute atomic E-state index is 0.288. The lowest BCUT2D eigenvalue weighted by Gasteiger charge is -2.50. The zero-order chi connectivity index (χ0) is 17.3. The zero-order valence-corrected chi connectivity index (χ0v) is 16.9. The van der Waals surface area contributed by atoms with Gasteiger partial charge in [-0.3, -0.25) is 0 Å². The first kappa shape index (κ1) is 19.2. The van der Waals surface area contributed by atoms with Crippen LogP contribution in [0.4, 0.5) is 0 Å². The molecule has 2 heterocycles. The molecule has 2 nitrogen and oxygen atoms in total. The minimum atomic E-state index is 0.288. The largest absolute Gasteiger partial charge is 0.307 e. The van der Waals surface area contributed by atoms with Crippen molar-refractivity contribution in [2.24, 2.45) is 23.7 Å². The van der Waals surface area contributed by atoms with Crippen molar-refractivity contribution in [3.63, 3.8) is 0 Å². The van der Waals surface area contributed by atoms with E-state index in [1.54, 1.807) is 0 Å². The van der Waals surface area contributed by atoms with E-state index < -0.39 is 0 Å². The molecule has 2 rings (SSSR count). The highest BCUT2D eigenvalue weighted by Crippen LogP contribution is 2.40. The van der Waals surface area contributed by atoms with E-state index in [9.17, 15) is 0 Å². The molecule has 2 aliphatic heterocycles. The first-order valence-electron chi connectivity index (χ1n) is 10.1. The fourth-order valence-electron chi connectivity index (χ4n) is 5.31. The molecule has 0 spiro atoms. The predicted octanol–water partition coefficient (Wildman–Crippen LogP) is 4.94. The maximum atomic E-state index is 4.01. The smallest absolute Gasteiger partial charge is 0.0161 e. The van der Waals surface area contributed by atoms with Crippen molar-refractivity contribution in [3.05, 3.63) is 0 Å². The van der Waals surface area contributed by atoms with E-state index in [0.717, 1.165) is 23.7 Å². The van der Waals surface area contributed by atoms with Crippen LogP contribution in [0.25, 0.3) is 0 Å². The number of nitrogens with zero attached hydrogens (tertiary/aromatic N) is 1. The maximum Gasteiger partial charge on any atom is 0.0161 e. The molecule has 2 aliphatic rings. The summed E-state index contributed by atoms with van der Waals surface area (Å²) in [4.78, 5) is 2.53. The summed E-state index contributed by atoms with van der Waals surface area (Å²) in [6.45, 7) is 17.2. The van der Waals surface area contributed by atoms with Gasteiger partial charge in [-0.05, 0) is 96.6 Å². The van der Waals surface area contributed by atoms with Crippen molar-refractivity contribution in [3.8, 4) is 0 Å². The molecule has 2 saturated heterocycles. The summed E-state index contributed by atoms with van der Waals surface area (Å²) in [7, 11) is 2.29. The third kappa shape index (κ3) is 5.46. The van der Waals surface area contributed by atoms with Gasteiger partial charge >= 0.3 is 0 Å².